The summed E-state index contributed by atoms with van der Waals surface area (Å²) in [6.07, 6.45) is 2.98. The van der Waals surface area contributed by atoms with Crippen LogP contribution >= 0.6 is 0 Å². The van der Waals surface area contributed by atoms with Crippen LogP contribution < -0.4 is 0 Å². The van der Waals surface area contributed by atoms with E-state index in [1.54, 1.807) is 0 Å². The lowest BCUT2D eigenvalue weighted by molar-refractivity contribution is 0.411. The third-order valence-corrected chi connectivity index (χ3v) is 3.56. The first-order valence-corrected chi connectivity index (χ1v) is 7.22. The summed E-state index contributed by atoms with van der Waals surface area (Å²) in [6, 6.07) is 14.9. The van der Waals surface area contributed by atoms with E-state index in [4.69, 9.17) is 0 Å². The molecule has 2 aromatic carbocycles. The summed E-state index contributed by atoms with van der Waals surface area (Å²) in [6.45, 7) is 1.76. The van der Waals surface area contributed by atoms with Crippen molar-refractivity contribution in [1.82, 2.24) is 19.9 Å². The van der Waals surface area contributed by atoms with Crippen LogP contribution in [0.25, 0.3) is 10.8 Å². The number of aromatic nitrogens is 3. The summed E-state index contributed by atoms with van der Waals surface area (Å²) in [5.74, 6) is 0. The molecule has 0 bridgehead atoms. The van der Waals surface area contributed by atoms with Crippen LogP contribution in [0.1, 0.15) is 11.3 Å². The topological polar surface area (TPSA) is 34.0 Å². The molecule has 0 spiro atoms. The van der Waals surface area contributed by atoms with Gasteiger partial charge >= 0.3 is 0 Å². The van der Waals surface area contributed by atoms with Crippen LogP contribution in [-0.4, -0.2) is 40.5 Å². The monoisotopic (exact) mass is 280 g/mol. The summed E-state index contributed by atoms with van der Waals surface area (Å²) >= 11 is 0. The summed E-state index contributed by atoms with van der Waals surface area (Å²) in [5.41, 5.74) is 2.29. The van der Waals surface area contributed by atoms with E-state index >= 15 is 0 Å². The van der Waals surface area contributed by atoms with Gasteiger partial charge in [-0.2, -0.15) is 0 Å². The fourth-order valence-corrected chi connectivity index (χ4v) is 2.39. The van der Waals surface area contributed by atoms with Gasteiger partial charge in [0.05, 0.1) is 12.2 Å². The fraction of sp³-hybridized carbons (Fsp3) is 0.294. The van der Waals surface area contributed by atoms with Crippen molar-refractivity contribution in [3.63, 3.8) is 0 Å². The summed E-state index contributed by atoms with van der Waals surface area (Å²) < 4.78 is 1.91. The van der Waals surface area contributed by atoms with E-state index in [1.807, 2.05) is 10.9 Å². The standard InChI is InChI=1S/C17H20N4/c1-20(2)10-9-17-13-21(19-18-17)12-14-7-8-15-5-3-4-6-16(15)11-14/h3-8,11,13H,9-10,12H2,1-2H3. The lowest BCUT2D eigenvalue weighted by Crippen LogP contribution is -2.15. The molecule has 21 heavy (non-hydrogen) atoms. The smallest absolute Gasteiger partial charge is 0.0840 e. The molecule has 1 aromatic heterocycles. The van der Waals surface area contributed by atoms with Gasteiger partial charge in [-0.25, -0.2) is 4.68 Å². The molecule has 0 unspecified atom stereocenters. The van der Waals surface area contributed by atoms with Gasteiger partial charge in [0.25, 0.3) is 0 Å². The number of nitrogens with zero attached hydrogens (tertiary/aromatic N) is 4. The van der Waals surface area contributed by atoms with Gasteiger partial charge in [0, 0.05) is 19.2 Å². The van der Waals surface area contributed by atoms with Crippen LogP contribution in [0.15, 0.2) is 48.7 Å². The fourth-order valence-electron chi connectivity index (χ4n) is 2.39. The zero-order chi connectivity index (χ0) is 14.7. The van der Waals surface area contributed by atoms with Crippen molar-refractivity contribution in [1.29, 1.82) is 0 Å². The highest BCUT2D eigenvalue weighted by molar-refractivity contribution is 5.82. The van der Waals surface area contributed by atoms with Crippen LogP contribution in [0.3, 0.4) is 0 Å². The molecule has 0 saturated carbocycles. The molecule has 3 rings (SSSR count). The molecule has 0 N–H and O–H groups in total. The Balaban J connectivity index is 1.72. The summed E-state index contributed by atoms with van der Waals surface area (Å²) in [7, 11) is 4.14. The number of hydrogen-bond donors (Lipinski definition) is 0. The van der Waals surface area contributed by atoms with Crippen LogP contribution in [0, 0.1) is 0 Å². The summed E-state index contributed by atoms with van der Waals surface area (Å²) in [4.78, 5) is 2.16. The summed E-state index contributed by atoms with van der Waals surface area (Å²) in [5, 5.41) is 11.0. The molecule has 0 aliphatic carbocycles. The van der Waals surface area contributed by atoms with Crippen molar-refractivity contribution in [2.75, 3.05) is 20.6 Å². The quantitative estimate of drug-likeness (QED) is 0.720. The number of rotatable bonds is 5. The second-order valence-electron chi connectivity index (χ2n) is 5.64. The van der Waals surface area contributed by atoms with Gasteiger partial charge in [-0.1, -0.05) is 41.6 Å². The molecular formula is C17H20N4. The highest BCUT2D eigenvalue weighted by Gasteiger charge is 2.03. The zero-order valence-electron chi connectivity index (χ0n) is 12.5. The van der Waals surface area contributed by atoms with Crippen molar-refractivity contribution >= 4 is 10.8 Å². The molecule has 3 aromatic rings. The maximum atomic E-state index is 4.23. The van der Waals surface area contributed by atoms with Gasteiger partial charge in [-0.15, -0.1) is 5.10 Å². The van der Waals surface area contributed by atoms with Crippen LogP contribution in [0.4, 0.5) is 0 Å². The molecule has 0 aliphatic rings. The Hall–Kier alpha value is -2.20. The van der Waals surface area contributed by atoms with E-state index in [0.29, 0.717) is 0 Å². The first kappa shape index (κ1) is 13.8. The molecule has 0 saturated heterocycles. The molecule has 4 nitrogen and oxygen atoms in total. The van der Waals surface area contributed by atoms with E-state index in [9.17, 15) is 0 Å². The minimum absolute atomic E-state index is 0.764. The first-order chi connectivity index (χ1) is 10.2. The normalized spacial score (nSPS) is 11.4. The van der Waals surface area contributed by atoms with E-state index in [-0.39, 0.29) is 0 Å². The Morgan fingerprint density at radius 1 is 1.05 bits per heavy atom. The van der Waals surface area contributed by atoms with Crippen molar-refractivity contribution in [2.24, 2.45) is 0 Å². The Kier molecular flexibility index (Phi) is 3.97. The molecule has 108 valence electrons. The number of fused-ring (bicyclic) bond motifs is 1. The van der Waals surface area contributed by atoms with Crippen LogP contribution in [0.5, 0.6) is 0 Å². The third kappa shape index (κ3) is 3.47. The lowest BCUT2D eigenvalue weighted by Gasteiger charge is -2.06. The number of hydrogen-bond acceptors (Lipinski definition) is 3. The minimum atomic E-state index is 0.764. The maximum absolute atomic E-state index is 4.23. The first-order valence-electron chi connectivity index (χ1n) is 7.22. The number of benzene rings is 2. The zero-order valence-corrected chi connectivity index (χ0v) is 12.5. The van der Waals surface area contributed by atoms with Gasteiger partial charge in [0.15, 0.2) is 0 Å². The Labute approximate surface area is 125 Å². The molecule has 4 heteroatoms. The van der Waals surface area contributed by atoms with E-state index < -0.39 is 0 Å². The van der Waals surface area contributed by atoms with Gasteiger partial charge in [0.2, 0.25) is 0 Å². The van der Waals surface area contributed by atoms with Crippen LogP contribution in [-0.2, 0) is 13.0 Å². The number of likely N-dealkylation sites (N-methyl/N-ethyl adjacent to an activating group) is 1. The van der Waals surface area contributed by atoms with Gasteiger partial charge in [0.1, 0.15) is 0 Å². The highest BCUT2D eigenvalue weighted by atomic mass is 15.4. The Bertz CT molecular complexity index is 730. The maximum Gasteiger partial charge on any atom is 0.0840 e. The second kappa shape index (κ2) is 6.06. The van der Waals surface area contributed by atoms with E-state index in [2.05, 4.69) is 71.8 Å². The van der Waals surface area contributed by atoms with Crippen molar-refractivity contribution in [3.8, 4) is 0 Å². The van der Waals surface area contributed by atoms with Gasteiger partial charge < -0.3 is 4.90 Å². The molecular weight excluding hydrogens is 260 g/mol. The Morgan fingerprint density at radius 3 is 2.67 bits per heavy atom. The Morgan fingerprint density at radius 2 is 1.86 bits per heavy atom. The van der Waals surface area contributed by atoms with Gasteiger partial charge in [-0.05, 0) is 36.5 Å². The van der Waals surface area contributed by atoms with Crippen molar-refractivity contribution < 1.29 is 0 Å². The van der Waals surface area contributed by atoms with E-state index in [0.717, 1.165) is 25.2 Å². The second-order valence-corrected chi connectivity index (χ2v) is 5.64. The van der Waals surface area contributed by atoms with E-state index in [1.165, 1.54) is 16.3 Å². The van der Waals surface area contributed by atoms with Crippen molar-refractivity contribution in [2.45, 2.75) is 13.0 Å². The predicted molar refractivity (Wildman–Crippen MR) is 85.3 cm³/mol. The minimum Gasteiger partial charge on any atom is -0.309 e. The van der Waals surface area contributed by atoms with Crippen molar-refractivity contribution in [3.05, 3.63) is 59.9 Å². The third-order valence-electron chi connectivity index (χ3n) is 3.56. The van der Waals surface area contributed by atoms with Gasteiger partial charge in [-0.3, -0.25) is 0 Å². The molecule has 0 radical (unpaired) electrons. The molecule has 0 atom stereocenters. The molecule has 0 aliphatic heterocycles. The highest BCUT2D eigenvalue weighted by Crippen LogP contribution is 2.16. The molecule has 0 amide bonds. The SMILES string of the molecule is CN(C)CCc1cn(Cc2ccc3ccccc3c2)nn1. The average Bonchev–Trinajstić information content (AvgIpc) is 2.92. The predicted octanol–water partition coefficient (Wildman–Crippen LogP) is 2.58. The van der Waals surface area contributed by atoms with Crippen LogP contribution in [0.2, 0.25) is 0 Å². The lowest BCUT2D eigenvalue weighted by atomic mass is 10.1. The largest absolute Gasteiger partial charge is 0.309 e. The molecule has 1 heterocycles. The molecule has 0 fully saturated rings. The average molecular weight is 280 g/mol.